The molecule has 0 bridgehead atoms. The maximum atomic E-state index is 5.83. The van der Waals surface area contributed by atoms with Gasteiger partial charge in [0.15, 0.2) is 0 Å². The van der Waals surface area contributed by atoms with Gasteiger partial charge in [-0.1, -0.05) is 0 Å². The van der Waals surface area contributed by atoms with Crippen molar-refractivity contribution in [1.82, 2.24) is 10.3 Å². The maximum absolute atomic E-state index is 5.83. The summed E-state index contributed by atoms with van der Waals surface area (Å²) in [5.41, 5.74) is 1.23. The quantitative estimate of drug-likeness (QED) is 0.892. The minimum atomic E-state index is 0.534. The molecule has 2 saturated heterocycles. The normalized spacial score (nSPS) is 32.4. The van der Waals surface area contributed by atoms with Crippen LogP contribution < -0.4 is 15.0 Å². The molecule has 3 heterocycles. The molecule has 1 aliphatic carbocycles. The van der Waals surface area contributed by atoms with E-state index in [2.05, 4.69) is 21.3 Å². The van der Waals surface area contributed by atoms with Gasteiger partial charge in [-0.25, -0.2) is 0 Å². The average molecular weight is 259 g/mol. The predicted octanol–water partition coefficient (Wildman–Crippen LogP) is 1.67. The molecule has 4 nitrogen and oxygen atoms in total. The Kier molecular flexibility index (Phi) is 2.84. The first-order valence-corrected chi connectivity index (χ1v) is 7.45. The van der Waals surface area contributed by atoms with Gasteiger partial charge in [-0.3, -0.25) is 4.98 Å². The first kappa shape index (κ1) is 11.5. The topological polar surface area (TPSA) is 37.4 Å². The molecule has 0 aromatic carbocycles. The fourth-order valence-corrected chi connectivity index (χ4v) is 3.32. The number of rotatable bonds is 4. The highest BCUT2D eigenvalue weighted by Crippen LogP contribution is 2.42. The molecule has 3 fully saturated rings. The van der Waals surface area contributed by atoms with Gasteiger partial charge in [0.2, 0.25) is 0 Å². The molecule has 4 rings (SSSR count). The zero-order chi connectivity index (χ0) is 12.7. The summed E-state index contributed by atoms with van der Waals surface area (Å²) in [6.07, 6.45) is 7.85. The lowest BCUT2D eigenvalue weighted by atomic mass is 9.77. The molecule has 4 heteroatoms. The van der Waals surface area contributed by atoms with Crippen LogP contribution in [0.2, 0.25) is 0 Å². The van der Waals surface area contributed by atoms with Gasteiger partial charge in [-0.15, -0.1) is 0 Å². The van der Waals surface area contributed by atoms with Crippen molar-refractivity contribution in [3.05, 3.63) is 18.5 Å². The second kappa shape index (κ2) is 4.67. The summed E-state index contributed by atoms with van der Waals surface area (Å²) in [5.74, 6) is 2.78. The standard InChI is InChI=1S/C15H21N3O/c1-2-12-9-18(8-11(1)12)14-5-15(7-16-6-14)19-10-13-3-4-17-13/h5-7,11-13,17H,1-4,8-10H2/t11?,12?,13-/m0/s1. The van der Waals surface area contributed by atoms with Gasteiger partial charge in [0.1, 0.15) is 12.4 Å². The molecule has 2 unspecified atom stereocenters. The van der Waals surface area contributed by atoms with Crippen molar-refractivity contribution < 1.29 is 4.74 Å². The van der Waals surface area contributed by atoms with Gasteiger partial charge >= 0.3 is 0 Å². The SMILES string of the molecule is c1ncc(N2CC3CCC3C2)cc1OC[C@@H]1CCN1. The number of anilines is 1. The molecule has 1 saturated carbocycles. The Balaban J connectivity index is 1.41. The maximum Gasteiger partial charge on any atom is 0.139 e. The number of pyridine rings is 1. The third kappa shape index (κ3) is 2.18. The summed E-state index contributed by atoms with van der Waals surface area (Å²) in [4.78, 5) is 6.81. The number of aromatic nitrogens is 1. The van der Waals surface area contributed by atoms with Crippen LogP contribution in [-0.4, -0.2) is 37.3 Å². The van der Waals surface area contributed by atoms with E-state index in [0.717, 1.165) is 30.7 Å². The number of fused-ring (bicyclic) bond motifs is 1. The van der Waals surface area contributed by atoms with Gasteiger partial charge in [0.05, 0.1) is 18.1 Å². The molecular weight excluding hydrogens is 238 g/mol. The largest absolute Gasteiger partial charge is 0.490 e. The summed E-state index contributed by atoms with van der Waals surface area (Å²) in [7, 11) is 0. The fraction of sp³-hybridized carbons (Fsp3) is 0.667. The second-order valence-corrected chi connectivity index (χ2v) is 6.13. The summed E-state index contributed by atoms with van der Waals surface area (Å²) in [6.45, 7) is 4.30. The van der Waals surface area contributed by atoms with Crippen LogP contribution >= 0.6 is 0 Å². The molecule has 102 valence electrons. The Labute approximate surface area is 114 Å². The second-order valence-electron chi connectivity index (χ2n) is 6.13. The lowest BCUT2D eigenvalue weighted by Gasteiger charge is -2.27. The number of hydrogen-bond donors (Lipinski definition) is 1. The van der Waals surface area contributed by atoms with E-state index in [0.29, 0.717) is 6.04 Å². The highest BCUT2D eigenvalue weighted by atomic mass is 16.5. The fourth-order valence-electron chi connectivity index (χ4n) is 3.32. The van der Waals surface area contributed by atoms with E-state index in [1.807, 2.05) is 12.4 Å². The van der Waals surface area contributed by atoms with Crippen LogP contribution in [0.5, 0.6) is 5.75 Å². The first-order valence-electron chi connectivity index (χ1n) is 7.45. The molecule has 0 radical (unpaired) electrons. The van der Waals surface area contributed by atoms with E-state index >= 15 is 0 Å². The summed E-state index contributed by atoms with van der Waals surface area (Å²) >= 11 is 0. The van der Waals surface area contributed by atoms with Crippen LogP contribution in [0, 0.1) is 11.8 Å². The zero-order valence-corrected chi connectivity index (χ0v) is 11.2. The molecule has 0 spiro atoms. The van der Waals surface area contributed by atoms with E-state index in [1.54, 1.807) is 0 Å². The van der Waals surface area contributed by atoms with Crippen molar-refractivity contribution in [2.45, 2.75) is 25.3 Å². The van der Waals surface area contributed by atoms with Crippen LogP contribution in [0.3, 0.4) is 0 Å². The van der Waals surface area contributed by atoms with Crippen molar-refractivity contribution in [1.29, 1.82) is 0 Å². The smallest absolute Gasteiger partial charge is 0.139 e. The minimum absolute atomic E-state index is 0.534. The van der Waals surface area contributed by atoms with Crippen LogP contribution in [-0.2, 0) is 0 Å². The first-order chi connectivity index (χ1) is 9.38. The van der Waals surface area contributed by atoms with Gasteiger partial charge in [-0.05, 0) is 37.6 Å². The molecule has 19 heavy (non-hydrogen) atoms. The van der Waals surface area contributed by atoms with Gasteiger partial charge in [-0.2, -0.15) is 0 Å². The van der Waals surface area contributed by atoms with Gasteiger partial charge < -0.3 is 15.0 Å². The van der Waals surface area contributed by atoms with E-state index < -0.39 is 0 Å². The van der Waals surface area contributed by atoms with Crippen LogP contribution in [0.4, 0.5) is 5.69 Å². The summed E-state index contributed by atoms with van der Waals surface area (Å²) in [6, 6.07) is 2.68. The molecule has 3 aliphatic rings. The van der Waals surface area contributed by atoms with Crippen LogP contribution in [0.1, 0.15) is 19.3 Å². The Hall–Kier alpha value is -1.29. The highest BCUT2D eigenvalue weighted by Gasteiger charge is 2.39. The lowest BCUT2D eigenvalue weighted by Crippen LogP contribution is -2.46. The summed E-state index contributed by atoms with van der Waals surface area (Å²) in [5, 5.41) is 3.35. The summed E-state index contributed by atoms with van der Waals surface area (Å²) < 4.78 is 5.83. The van der Waals surface area contributed by atoms with E-state index in [1.165, 1.54) is 38.0 Å². The molecule has 1 aromatic rings. The Morgan fingerprint density at radius 1 is 1.21 bits per heavy atom. The van der Waals surface area contributed by atoms with E-state index in [-0.39, 0.29) is 0 Å². The molecule has 3 atom stereocenters. The lowest BCUT2D eigenvalue weighted by molar-refractivity contribution is 0.217. The van der Waals surface area contributed by atoms with Crippen molar-refractivity contribution in [2.24, 2.45) is 11.8 Å². The van der Waals surface area contributed by atoms with E-state index in [4.69, 9.17) is 4.74 Å². The highest BCUT2D eigenvalue weighted by molar-refractivity contribution is 5.49. The van der Waals surface area contributed by atoms with Crippen LogP contribution in [0.15, 0.2) is 18.5 Å². The van der Waals surface area contributed by atoms with Crippen LogP contribution in [0.25, 0.3) is 0 Å². The van der Waals surface area contributed by atoms with Crippen molar-refractivity contribution >= 4 is 5.69 Å². The van der Waals surface area contributed by atoms with E-state index in [9.17, 15) is 0 Å². The number of hydrogen-bond acceptors (Lipinski definition) is 4. The predicted molar refractivity (Wildman–Crippen MR) is 74.6 cm³/mol. The Morgan fingerprint density at radius 3 is 2.63 bits per heavy atom. The average Bonchev–Trinajstić information content (AvgIpc) is 2.64. The minimum Gasteiger partial charge on any atom is -0.490 e. The molecule has 1 aromatic heterocycles. The molecule has 2 aliphatic heterocycles. The van der Waals surface area contributed by atoms with Crippen molar-refractivity contribution in [3.8, 4) is 5.75 Å². The Bertz CT molecular complexity index is 448. The van der Waals surface area contributed by atoms with Gasteiger partial charge in [0, 0.05) is 25.2 Å². The monoisotopic (exact) mass is 259 g/mol. The Morgan fingerprint density at radius 2 is 2.00 bits per heavy atom. The third-order valence-electron chi connectivity index (χ3n) is 4.93. The molecular formula is C15H21N3O. The van der Waals surface area contributed by atoms with Gasteiger partial charge in [0.25, 0.3) is 0 Å². The molecule has 1 N–H and O–H groups in total. The molecule has 0 amide bonds. The number of nitrogens with zero attached hydrogens (tertiary/aromatic N) is 2. The zero-order valence-electron chi connectivity index (χ0n) is 11.2. The van der Waals surface area contributed by atoms with Crippen molar-refractivity contribution in [3.63, 3.8) is 0 Å². The number of nitrogens with one attached hydrogen (secondary N) is 1. The third-order valence-corrected chi connectivity index (χ3v) is 4.93. The van der Waals surface area contributed by atoms with Crippen molar-refractivity contribution in [2.75, 3.05) is 31.1 Å². The number of ether oxygens (including phenoxy) is 1.